The monoisotopic (exact) mass is 234 g/mol. The molecule has 1 atom stereocenters. The number of fused-ring (bicyclic) bond motifs is 1. The lowest BCUT2D eigenvalue weighted by atomic mass is 9.69. The molecule has 1 unspecified atom stereocenters. The number of carbonyl (C=O) groups is 1. The summed E-state index contributed by atoms with van der Waals surface area (Å²) in [6.07, 6.45) is 2.51. The van der Waals surface area contributed by atoms with E-state index in [1.54, 1.807) is 0 Å². The molecule has 6 heteroatoms. The van der Waals surface area contributed by atoms with E-state index in [-0.39, 0.29) is 5.97 Å². The molecule has 0 saturated heterocycles. The highest BCUT2D eigenvalue weighted by atomic mass is 32.2. The van der Waals surface area contributed by atoms with Gasteiger partial charge in [-0.15, -0.1) is 0 Å². The first kappa shape index (κ1) is 10.9. The minimum atomic E-state index is -3.50. The fourth-order valence-electron chi connectivity index (χ4n) is 2.77. The molecule has 3 rings (SSSR count). The Morgan fingerprint density at radius 2 is 2.00 bits per heavy atom. The maximum atomic E-state index is 11.6. The minimum Gasteiger partial charge on any atom is -0.469 e. The number of hydrogen-bond acceptors (Lipinski definition) is 5. The van der Waals surface area contributed by atoms with Gasteiger partial charge in [-0.3, -0.25) is 8.98 Å². The summed E-state index contributed by atoms with van der Waals surface area (Å²) >= 11 is 0. The summed E-state index contributed by atoms with van der Waals surface area (Å²) < 4.78 is 31.7. The molecule has 0 N–H and O–H groups in total. The summed E-state index contributed by atoms with van der Waals surface area (Å²) in [5.41, 5.74) is -0.692. The van der Waals surface area contributed by atoms with Gasteiger partial charge in [0.05, 0.1) is 24.9 Å². The molecule has 0 aromatic heterocycles. The molecule has 0 aromatic carbocycles. The summed E-state index contributed by atoms with van der Waals surface area (Å²) in [7, 11) is -2.18. The zero-order chi connectivity index (χ0) is 11.3. The van der Waals surface area contributed by atoms with E-state index in [4.69, 9.17) is 8.92 Å². The molecule has 0 radical (unpaired) electrons. The Labute approximate surface area is 88.9 Å². The van der Waals surface area contributed by atoms with Crippen LogP contribution in [-0.4, -0.2) is 33.9 Å². The molecule has 3 aliphatic carbocycles. The lowest BCUT2D eigenvalue weighted by Crippen LogP contribution is -2.44. The Morgan fingerprint density at radius 1 is 1.40 bits per heavy atom. The third kappa shape index (κ3) is 1.65. The first-order valence-electron chi connectivity index (χ1n) is 4.84. The molecule has 2 bridgehead atoms. The molecule has 0 heterocycles. The fraction of sp³-hybridized carbons (Fsp3) is 0.889. The lowest BCUT2D eigenvalue weighted by Gasteiger charge is -2.37. The van der Waals surface area contributed by atoms with Crippen LogP contribution in [-0.2, 0) is 23.8 Å². The fourth-order valence-corrected chi connectivity index (χ4v) is 3.46. The van der Waals surface area contributed by atoms with Crippen molar-refractivity contribution in [3.05, 3.63) is 0 Å². The number of esters is 1. The van der Waals surface area contributed by atoms with Crippen LogP contribution in [0.3, 0.4) is 0 Å². The van der Waals surface area contributed by atoms with Crippen molar-refractivity contribution in [2.45, 2.75) is 25.4 Å². The highest BCUT2D eigenvalue weighted by Crippen LogP contribution is 2.60. The summed E-state index contributed by atoms with van der Waals surface area (Å²) in [6.45, 7) is 0. The van der Waals surface area contributed by atoms with Crippen molar-refractivity contribution in [2.75, 3.05) is 13.4 Å². The maximum Gasteiger partial charge on any atom is 0.314 e. The predicted octanol–water partition coefficient (Wildman–Crippen LogP) is 0.304. The summed E-state index contributed by atoms with van der Waals surface area (Å²) in [4.78, 5) is 11.6. The first-order valence-corrected chi connectivity index (χ1v) is 6.66. The summed E-state index contributed by atoms with van der Waals surface area (Å²) in [5.74, 6) is 0.0701. The van der Waals surface area contributed by atoms with Gasteiger partial charge in [-0.2, -0.15) is 8.42 Å². The van der Waals surface area contributed by atoms with E-state index in [0.717, 1.165) is 6.26 Å². The van der Waals surface area contributed by atoms with Crippen molar-refractivity contribution in [3.63, 3.8) is 0 Å². The van der Waals surface area contributed by atoms with Crippen LogP contribution in [0.25, 0.3) is 0 Å². The Morgan fingerprint density at radius 3 is 2.47 bits per heavy atom. The van der Waals surface area contributed by atoms with E-state index in [2.05, 4.69) is 0 Å². The number of carbonyl (C=O) groups excluding carboxylic acids is 1. The molecule has 0 aromatic rings. The van der Waals surface area contributed by atoms with Crippen molar-refractivity contribution >= 4 is 16.1 Å². The number of ether oxygens (including phenoxy) is 1. The van der Waals surface area contributed by atoms with Gasteiger partial charge in [0.2, 0.25) is 0 Å². The van der Waals surface area contributed by atoms with Crippen LogP contribution in [0.15, 0.2) is 0 Å². The van der Waals surface area contributed by atoms with Crippen molar-refractivity contribution in [2.24, 2.45) is 11.3 Å². The Bertz CT molecular complexity index is 379. The molecule has 3 saturated carbocycles. The van der Waals surface area contributed by atoms with Crippen LogP contribution in [0.1, 0.15) is 19.3 Å². The minimum absolute atomic E-state index is 0.343. The smallest absolute Gasteiger partial charge is 0.314 e. The molecular weight excluding hydrogens is 220 g/mol. The van der Waals surface area contributed by atoms with Crippen LogP contribution >= 0.6 is 0 Å². The molecule has 0 aliphatic heterocycles. The van der Waals surface area contributed by atoms with E-state index in [1.165, 1.54) is 7.11 Å². The second-order valence-corrected chi connectivity index (χ2v) is 6.05. The van der Waals surface area contributed by atoms with E-state index >= 15 is 0 Å². The first-order chi connectivity index (χ1) is 6.87. The molecule has 86 valence electrons. The number of rotatable bonds is 3. The molecule has 0 amide bonds. The van der Waals surface area contributed by atoms with E-state index < -0.39 is 21.6 Å². The van der Waals surface area contributed by atoms with E-state index in [9.17, 15) is 13.2 Å². The molecular formula is C9H14O5S. The average Bonchev–Trinajstić information content (AvgIpc) is 2.52. The average molecular weight is 234 g/mol. The topological polar surface area (TPSA) is 69.7 Å². The Balaban J connectivity index is 2.17. The van der Waals surface area contributed by atoms with Gasteiger partial charge in [-0.25, -0.2) is 0 Å². The lowest BCUT2D eigenvalue weighted by molar-refractivity contribution is -0.161. The third-order valence-electron chi connectivity index (χ3n) is 3.35. The van der Waals surface area contributed by atoms with Crippen molar-refractivity contribution in [3.8, 4) is 0 Å². The Kier molecular flexibility index (Phi) is 2.31. The summed E-state index contributed by atoms with van der Waals surface area (Å²) in [6, 6.07) is 0. The highest BCUT2D eigenvalue weighted by Gasteiger charge is 2.64. The van der Waals surface area contributed by atoms with Gasteiger partial charge in [0.25, 0.3) is 10.1 Å². The number of hydrogen-bond donors (Lipinski definition) is 0. The van der Waals surface area contributed by atoms with E-state index in [1.807, 2.05) is 0 Å². The largest absolute Gasteiger partial charge is 0.469 e. The van der Waals surface area contributed by atoms with Gasteiger partial charge in [0.15, 0.2) is 0 Å². The van der Waals surface area contributed by atoms with Gasteiger partial charge in [0, 0.05) is 0 Å². The third-order valence-corrected chi connectivity index (χ3v) is 3.93. The predicted molar refractivity (Wildman–Crippen MR) is 51.5 cm³/mol. The van der Waals surface area contributed by atoms with Gasteiger partial charge in [0.1, 0.15) is 0 Å². The number of methoxy groups -OCH3 is 1. The summed E-state index contributed by atoms with van der Waals surface area (Å²) in [5, 5.41) is 0. The van der Waals surface area contributed by atoms with Crippen LogP contribution in [0.2, 0.25) is 0 Å². The normalized spacial score (nSPS) is 38.5. The van der Waals surface area contributed by atoms with Gasteiger partial charge in [-0.05, 0) is 25.2 Å². The van der Waals surface area contributed by atoms with Gasteiger partial charge < -0.3 is 4.74 Å². The SMILES string of the molecule is COC(=O)C12CC(CC1OS(C)(=O)=O)C2. The van der Waals surface area contributed by atoms with Crippen LogP contribution in [0, 0.1) is 11.3 Å². The highest BCUT2D eigenvalue weighted by molar-refractivity contribution is 7.86. The molecule has 5 nitrogen and oxygen atoms in total. The quantitative estimate of drug-likeness (QED) is 0.519. The van der Waals surface area contributed by atoms with Crippen molar-refractivity contribution in [1.82, 2.24) is 0 Å². The van der Waals surface area contributed by atoms with Crippen molar-refractivity contribution < 1.29 is 22.1 Å². The van der Waals surface area contributed by atoms with Gasteiger partial charge >= 0.3 is 5.97 Å². The molecule has 0 spiro atoms. The second-order valence-electron chi connectivity index (χ2n) is 4.45. The zero-order valence-corrected chi connectivity index (χ0v) is 9.54. The standard InChI is InChI=1S/C9H14O5S/c1-13-8(10)9-4-6(5-9)3-7(9)14-15(2,11)12/h6-7H,3-5H2,1-2H3. The maximum absolute atomic E-state index is 11.6. The molecule has 3 fully saturated rings. The van der Waals surface area contributed by atoms with Crippen LogP contribution in [0.4, 0.5) is 0 Å². The molecule has 15 heavy (non-hydrogen) atoms. The van der Waals surface area contributed by atoms with E-state index in [0.29, 0.717) is 25.2 Å². The second kappa shape index (κ2) is 3.18. The van der Waals surface area contributed by atoms with Crippen LogP contribution < -0.4 is 0 Å². The van der Waals surface area contributed by atoms with Crippen molar-refractivity contribution in [1.29, 1.82) is 0 Å². The zero-order valence-electron chi connectivity index (χ0n) is 8.73. The Hall–Kier alpha value is -0.620. The molecule has 3 aliphatic rings. The van der Waals surface area contributed by atoms with Crippen LogP contribution in [0.5, 0.6) is 0 Å². The van der Waals surface area contributed by atoms with Gasteiger partial charge in [-0.1, -0.05) is 0 Å².